The minimum Gasteiger partial charge on any atom is -0.367 e. The number of ether oxygens (including phenoxy) is 1. The van der Waals surface area contributed by atoms with Gasteiger partial charge in [0.15, 0.2) is 6.10 Å². The molecule has 7 heteroatoms. The molecule has 0 bridgehead atoms. The number of halogens is 2. The number of fused-ring (bicyclic) bond motifs is 1. The largest absolute Gasteiger partial charge is 0.367 e. The van der Waals surface area contributed by atoms with Crippen molar-refractivity contribution < 1.29 is 9.53 Å². The van der Waals surface area contributed by atoms with Crippen molar-refractivity contribution >= 4 is 50.0 Å². The van der Waals surface area contributed by atoms with Crippen molar-refractivity contribution in [1.82, 2.24) is 4.98 Å². The molecule has 1 amide bonds. The Balaban J connectivity index is 2.06. The number of morpholine rings is 1. The van der Waals surface area contributed by atoms with Crippen LogP contribution in [0.1, 0.15) is 0 Å². The second-order valence-corrected chi connectivity index (χ2v) is 6.14. The van der Waals surface area contributed by atoms with Gasteiger partial charge in [-0.2, -0.15) is 0 Å². The smallest absolute Gasteiger partial charge is 0.248 e. The van der Waals surface area contributed by atoms with Crippen LogP contribution in [-0.4, -0.2) is 36.7 Å². The first-order chi connectivity index (χ1) is 10.1. The predicted octanol–water partition coefficient (Wildman–Crippen LogP) is 2.34. The zero-order chi connectivity index (χ0) is 15.0. The van der Waals surface area contributed by atoms with Crippen LogP contribution < -0.4 is 10.6 Å². The van der Waals surface area contributed by atoms with E-state index in [4.69, 9.17) is 22.1 Å². The molecule has 2 aromatic rings. The first-order valence-corrected chi connectivity index (χ1v) is 7.63. The highest BCUT2D eigenvalue weighted by atomic mass is 79.9. The quantitative estimate of drug-likeness (QED) is 0.881. The average Bonchev–Trinajstić information content (AvgIpc) is 2.46. The van der Waals surface area contributed by atoms with Gasteiger partial charge in [-0.15, -0.1) is 0 Å². The summed E-state index contributed by atoms with van der Waals surface area (Å²) in [5.74, 6) is -0.447. The highest BCUT2D eigenvalue weighted by Gasteiger charge is 2.26. The third-order valence-electron chi connectivity index (χ3n) is 3.46. The molecular formula is C14H13BrClN3O2. The van der Waals surface area contributed by atoms with E-state index < -0.39 is 12.0 Å². The minimum atomic E-state index is -0.593. The van der Waals surface area contributed by atoms with Crippen molar-refractivity contribution in [2.45, 2.75) is 6.10 Å². The SMILES string of the molecule is NC(=O)C1CN(c2ccnc3c(Cl)cc(Br)cc23)CCO1. The second-order valence-electron chi connectivity index (χ2n) is 4.82. The number of nitrogens with zero attached hydrogens (tertiary/aromatic N) is 2. The first-order valence-electron chi connectivity index (χ1n) is 6.46. The molecule has 1 unspecified atom stereocenters. The van der Waals surface area contributed by atoms with Crippen molar-refractivity contribution in [2.24, 2.45) is 5.73 Å². The fourth-order valence-electron chi connectivity index (χ4n) is 2.48. The fourth-order valence-corrected chi connectivity index (χ4v) is 3.34. The van der Waals surface area contributed by atoms with Crippen LogP contribution in [0.4, 0.5) is 5.69 Å². The Bertz CT molecular complexity index is 710. The van der Waals surface area contributed by atoms with Crippen molar-refractivity contribution in [3.63, 3.8) is 0 Å². The molecule has 5 nitrogen and oxygen atoms in total. The van der Waals surface area contributed by atoms with Gasteiger partial charge in [0, 0.05) is 28.3 Å². The Morgan fingerprint density at radius 3 is 3.10 bits per heavy atom. The van der Waals surface area contributed by atoms with E-state index in [1.54, 1.807) is 6.20 Å². The lowest BCUT2D eigenvalue weighted by Gasteiger charge is -2.33. The van der Waals surface area contributed by atoms with Gasteiger partial charge in [-0.05, 0) is 18.2 Å². The number of anilines is 1. The van der Waals surface area contributed by atoms with Gasteiger partial charge in [-0.1, -0.05) is 27.5 Å². The molecule has 1 aromatic heterocycles. The van der Waals surface area contributed by atoms with E-state index in [2.05, 4.69) is 25.8 Å². The minimum absolute atomic E-state index is 0.429. The number of rotatable bonds is 2. The monoisotopic (exact) mass is 369 g/mol. The molecule has 1 aliphatic rings. The zero-order valence-corrected chi connectivity index (χ0v) is 13.4. The number of pyridine rings is 1. The summed E-state index contributed by atoms with van der Waals surface area (Å²) in [5.41, 5.74) is 7.04. The maximum absolute atomic E-state index is 11.3. The molecule has 0 radical (unpaired) electrons. The van der Waals surface area contributed by atoms with E-state index in [0.29, 0.717) is 24.7 Å². The Morgan fingerprint density at radius 1 is 1.52 bits per heavy atom. The van der Waals surface area contributed by atoms with Gasteiger partial charge in [-0.3, -0.25) is 9.78 Å². The predicted molar refractivity (Wildman–Crippen MR) is 85.6 cm³/mol. The van der Waals surface area contributed by atoms with Crippen molar-refractivity contribution in [3.8, 4) is 0 Å². The number of nitrogens with two attached hydrogens (primary N) is 1. The Labute approximate surface area is 135 Å². The van der Waals surface area contributed by atoms with Gasteiger partial charge in [-0.25, -0.2) is 0 Å². The Morgan fingerprint density at radius 2 is 2.33 bits per heavy atom. The van der Waals surface area contributed by atoms with E-state index in [1.807, 2.05) is 18.2 Å². The molecule has 2 heterocycles. The molecule has 1 aromatic carbocycles. The van der Waals surface area contributed by atoms with E-state index in [0.717, 1.165) is 21.1 Å². The summed E-state index contributed by atoms with van der Waals surface area (Å²) in [6.45, 7) is 1.57. The summed E-state index contributed by atoms with van der Waals surface area (Å²) < 4.78 is 6.27. The van der Waals surface area contributed by atoms with Gasteiger partial charge in [0.1, 0.15) is 0 Å². The third kappa shape index (κ3) is 2.84. The summed E-state index contributed by atoms with van der Waals surface area (Å²) in [6, 6.07) is 5.69. The van der Waals surface area contributed by atoms with Crippen LogP contribution >= 0.6 is 27.5 Å². The summed E-state index contributed by atoms with van der Waals surface area (Å²) in [4.78, 5) is 17.7. The molecule has 1 fully saturated rings. The molecule has 110 valence electrons. The molecule has 0 saturated carbocycles. The number of amides is 1. The molecule has 0 aliphatic carbocycles. The standard InChI is InChI=1S/C14H13BrClN3O2/c15-8-5-9-11(1-2-18-13(9)10(16)6-8)19-3-4-21-12(7-19)14(17)20/h1-2,5-6,12H,3-4,7H2,(H2,17,20). The van der Waals surface area contributed by atoms with Gasteiger partial charge >= 0.3 is 0 Å². The lowest BCUT2D eigenvalue weighted by molar-refractivity contribution is -0.130. The Hall–Kier alpha value is -1.37. The number of carbonyl (C=O) groups excluding carboxylic acids is 1. The molecule has 2 N–H and O–H groups in total. The molecular weight excluding hydrogens is 358 g/mol. The number of benzene rings is 1. The molecule has 21 heavy (non-hydrogen) atoms. The maximum Gasteiger partial charge on any atom is 0.248 e. The van der Waals surface area contributed by atoms with E-state index in [-0.39, 0.29) is 0 Å². The number of carbonyl (C=O) groups is 1. The van der Waals surface area contributed by atoms with Crippen LogP contribution in [0, 0.1) is 0 Å². The molecule has 1 saturated heterocycles. The normalized spacial score (nSPS) is 19.0. The van der Waals surface area contributed by atoms with E-state index >= 15 is 0 Å². The van der Waals surface area contributed by atoms with Crippen LogP contribution in [0.5, 0.6) is 0 Å². The summed E-state index contributed by atoms with van der Waals surface area (Å²) in [6.07, 6.45) is 1.12. The van der Waals surface area contributed by atoms with Gasteiger partial charge < -0.3 is 15.4 Å². The van der Waals surface area contributed by atoms with Crippen LogP contribution in [0.3, 0.4) is 0 Å². The zero-order valence-electron chi connectivity index (χ0n) is 11.1. The third-order valence-corrected chi connectivity index (χ3v) is 4.21. The Kier molecular flexibility index (Phi) is 4.01. The van der Waals surface area contributed by atoms with E-state index in [9.17, 15) is 4.79 Å². The van der Waals surface area contributed by atoms with E-state index in [1.165, 1.54) is 0 Å². The average molecular weight is 371 g/mol. The molecule has 0 spiro atoms. The molecule has 1 atom stereocenters. The number of hydrogen-bond acceptors (Lipinski definition) is 4. The van der Waals surface area contributed by atoms with Crippen LogP contribution in [-0.2, 0) is 9.53 Å². The van der Waals surface area contributed by atoms with Crippen LogP contribution in [0.25, 0.3) is 10.9 Å². The fraction of sp³-hybridized carbons (Fsp3) is 0.286. The second kappa shape index (κ2) is 5.79. The van der Waals surface area contributed by atoms with Crippen LogP contribution in [0.2, 0.25) is 5.02 Å². The van der Waals surface area contributed by atoms with Crippen molar-refractivity contribution in [3.05, 3.63) is 33.9 Å². The maximum atomic E-state index is 11.3. The number of hydrogen-bond donors (Lipinski definition) is 1. The topological polar surface area (TPSA) is 68.5 Å². The van der Waals surface area contributed by atoms with Gasteiger partial charge in [0.25, 0.3) is 0 Å². The first kappa shape index (κ1) is 14.6. The van der Waals surface area contributed by atoms with Crippen molar-refractivity contribution in [1.29, 1.82) is 0 Å². The summed E-state index contributed by atoms with van der Waals surface area (Å²) in [7, 11) is 0. The number of primary amides is 1. The lowest BCUT2D eigenvalue weighted by atomic mass is 10.1. The highest BCUT2D eigenvalue weighted by molar-refractivity contribution is 9.10. The summed E-state index contributed by atoms with van der Waals surface area (Å²) >= 11 is 9.69. The lowest BCUT2D eigenvalue weighted by Crippen LogP contribution is -2.48. The molecule has 3 rings (SSSR count). The van der Waals surface area contributed by atoms with Gasteiger partial charge in [0.05, 0.1) is 23.7 Å². The van der Waals surface area contributed by atoms with Crippen LogP contribution in [0.15, 0.2) is 28.9 Å². The highest BCUT2D eigenvalue weighted by Crippen LogP contribution is 2.33. The number of aromatic nitrogens is 1. The molecule has 1 aliphatic heterocycles. The van der Waals surface area contributed by atoms with Crippen molar-refractivity contribution in [2.75, 3.05) is 24.6 Å². The van der Waals surface area contributed by atoms with Gasteiger partial charge in [0.2, 0.25) is 5.91 Å². The summed E-state index contributed by atoms with van der Waals surface area (Å²) in [5, 5.41) is 1.52.